The van der Waals surface area contributed by atoms with Gasteiger partial charge in [-0.2, -0.15) is 11.8 Å². The Morgan fingerprint density at radius 3 is 2.95 bits per heavy atom. The summed E-state index contributed by atoms with van der Waals surface area (Å²) in [6, 6.07) is 6.56. The Bertz CT molecular complexity index is 468. The van der Waals surface area contributed by atoms with Crippen LogP contribution in [0.25, 0.3) is 0 Å². The Morgan fingerprint density at radius 1 is 1.38 bits per heavy atom. The van der Waals surface area contributed by atoms with E-state index >= 15 is 0 Å². The van der Waals surface area contributed by atoms with Crippen molar-refractivity contribution in [2.24, 2.45) is 5.92 Å². The van der Waals surface area contributed by atoms with Crippen molar-refractivity contribution in [3.05, 3.63) is 35.6 Å². The topological polar surface area (TPSA) is 29.5 Å². The molecule has 2 nitrogen and oxygen atoms in total. The molecule has 1 aromatic rings. The third-order valence-corrected chi connectivity index (χ3v) is 5.80. The molecule has 0 saturated carbocycles. The molecule has 0 radical (unpaired) electrons. The number of aliphatic hydroxyl groups excluding tert-OH is 1. The molecule has 3 rings (SSSR count). The Kier molecular flexibility index (Phi) is 4.87. The van der Waals surface area contributed by atoms with Crippen LogP contribution in [-0.2, 0) is 11.2 Å². The first-order valence-electron chi connectivity index (χ1n) is 7.81. The van der Waals surface area contributed by atoms with Gasteiger partial charge in [0.15, 0.2) is 0 Å². The number of halogens is 1. The van der Waals surface area contributed by atoms with E-state index in [0.717, 1.165) is 49.4 Å². The predicted octanol–water partition coefficient (Wildman–Crippen LogP) is 3.42. The van der Waals surface area contributed by atoms with Crippen LogP contribution in [0.4, 0.5) is 4.39 Å². The molecule has 0 aliphatic carbocycles. The van der Waals surface area contributed by atoms with Gasteiger partial charge in [-0.1, -0.05) is 12.1 Å². The number of ether oxygens (including phenoxy) is 1. The molecule has 0 aromatic heterocycles. The van der Waals surface area contributed by atoms with E-state index in [1.807, 2.05) is 17.8 Å². The van der Waals surface area contributed by atoms with Gasteiger partial charge in [0.2, 0.25) is 0 Å². The van der Waals surface area contributed by atoms with Crippen molar-refractivity contribution >= 4 is 11.8 Å². The van der Waals surface area contributed by atoms with Gasteiger partial charge in [0.1, 0.15) is 5.82 Å². The maximum atomic E-state index is 13.2. The van der Waals surface area contributed by atoms with Crippen molar-refractivity contribution < 1.29 is 14.2 Å². The van der Waals surface area contributed by atoms with Crippen LogP contribution in [0, 0.1) is 11.7 Å². The molecule has 0 amide bonds. The smallest absolute Gasteiger partial charge is 0.123 e. The van der Waals surface area contributed by atoms with Gasteiger partial charge in [-0.05, 0) is 67.2 Å². The zero-order valence-electron chi connectivity index (χ0n) is 12.3. The number of rotatable bonds is 3. The number of benzene rings is 1. The second-order valence-electron chi connectivity index (χ2n) is 6.30. The minimum atomic E-state index is -0.401. The first-order valence-corrected chi connectivity index (χ1v) is 8.97. The molecule has 116 valence electrons. The lowest BCUT2D eigenvalue weighted by Gasteiger charge is -2.44. The second-order valence-corrected chi connectivity index (χ2v) is 7.52. The molecular weight excluding hydrogens is 287 g/mol. The average molecular weight is 310 g/mol. The van der Waals surface area contributed by atoms with Crippen LogP contribution in [0.1, 0.15) is 31.2 Å². The standard InChI is InChI=1S/C17H23FO2S/c18-15-3-1-2-13(10-15)11-16(19)14-4-7-20-17(12-14)5-8-21-9-6-17/h1-3,10,14,16,19H,4-9,11-12H2. The lowest BCUT2D eigenvalue weighted by molar-refractivity contribution is -0.120. The van der Waals surface area contributed by atoms with Crippen LogP contribution in [-0.4, -0.2) is 34.9 Å². The summed E-state index contributed by atoms with van der Waals surface area (Å²) in [7, 11) is 0. The Labute approximate surface area is 130 Å². The molecular formula is C17H23FO2S. The number of aliphatic hydroxyl groups is 1. The van der Waals surface area contributed by atoms with Crippen molar-refractivity contribution in [1.29, 1.82) is 0 Å². The van der Waals surface area contributed by atoms with E-state index in [1.54, 1.807) is 6.07 Å². The highest BCUT2D eigenvalue weighted by Crippen LogP contribution is 2.41. The average Bonchev–Trinajstić information content (AvgIpc) is 2.48. The molecule has 2 saturated heterocycles. The minimum Gasteiger partial charge on any atom is -0.392 e. The van der Waals surface area contributed by atoms with Crippen LogP contribution in [0.15, 0.2) is 24.3 Å². The summed E-state index contributed by atoms with van der Waals surface area (Å²) < 4.78 is 19.3. The minimum absolute atomic E-state index is 0.00289. The predicted molar refractivity (Wildman–Crippen MR) is 84.1 cm³/mol. The van der Waals surface area contributed by atoms with E-state index in [0.29, 0.717) is 6.42 Å². The zero-order chi connectivity index (χ0) is 14.7. The van der Waals surface area contributed by atoms with Gasteiger partial charge in [0.05, 0.1) is 11.7 Å². The van der Waals surface area contributed by atoms with E-state index in [2.05, 4.69) is 0 Å². The summed E-state index contributed by atoms with van der Waals surface area (Å²) in [6.07, 6.45) is 4.19. The molecule has 2 atom stereocenters. The van der Waals surface area contributed by atoms with Gasteiger partial charge in [0.25, 0.3) is 0 Å². The van der Waals surface area contributed by atoms with E-state index < -0.39 is 6.10 Å². The van der Waals surface area contributed by atoms with Gasteiger partial charge in [0, 0.05) is 6.61 Å². The summed E-state index contributed by atoms with van der Waals surface area (Å²) in [6.45, 7) is 0.746. The lowest BCUT2D eigenvalue weighted by Crippen LogP contribution is -2.45. The van der Waals surface area contributed by atoms with Gasteiger partial charge in [-0.15, -0.1) is 0 Å². The maximum Gasteiger partial charge on any atom is 0.123 e. The Balaban J connectivity index is 1.62. The zero-order valence-corrected chi connectivity index (χ0v) is 13.1. The Morgan fingerprint density at radius 2 is 2.19 bits per heavy atom. The number of thioether (sulfide) groups is 1. The van der Waals surface area contributed by atoms with E-state index in [9.17, 15) is 9.50 Å². The molecule has 0 bridgehead atoms. The summed E-state index contributed by atoms with van der Waals surface area (Å²) in [4.78, 5) is 0. The molecule has 1 spiro atoms. The third-order valence-electron chi connectivity index (χ3n) is 4.81. The summed E-state index contributed by atoms with van der Waals surface area (Å²) in [5, 5.41) is 10.5. The number of hydrogen-bond acceptors (Lipinski definition) is 3. The molecule has 2 fully saturated rings. The highest BCUT2D eigenvalue weighted by molar-refractivity contribution is 7.99. The highest BCUT2D eigenvalue weighted by atomic mass is 32.2. The third kappa shape index (κ3) is 3.79. The van der Waals surface area contributed by atoms with Gasteiger partial charge >= 0.3 is 0 Å². The van der Waals surface area contributed by atoms with Gasteiger partial charge in [-0.25, -0.2) is 4.39 Å². The monoisotopic (exact) mass is 310 g/mol. The van der Waals surface area contributed by atoms with Gasteiger partial charge < -0.3 is 9.84 Å². The van der Waals surface area contributed by atoms with Crippen LogP contribution >= 0.6 is 11.8 Å². The van der Waals surface area contributed by atoms with Crippen LogP contribution in [0.2, 0.25) is 0 Å². The summed E-state index contributed by atoms with van der Waals surface area (Å²) >= 11 is 1.99. The molecule has 2 heterocycles. The summed E-state index contributed by atoms with van der Waals surface area (Å²) in [5.41, 5.74) is 0.874. The molecule has 2 aliphatic heterocycles. The lowest BCUT2D eigenvalue weighted by atomic mass is 9.78. The second kappa shape index (κ2) is 6.67. The van der Waals surface area contributed by atoms with Crippen molar-refractivity contribution in [1.82, 2.24) is 0 Å². The molecule has 1 aromatic carbocycles. The van der Waals surface area contributed by atoms with Crippen molar-refractivity contribution in [3.8, 4) is 0 Å². The normalized spacial score (nSPS) is 26.7. The van der Waals surface area contributed by atoms with E-state index in [1.165, 1.54) is 12.1 Å². The van der Waals surface area contributed by atoms with Crippen molar-refractivity contribution in [2.75, 3.05) is 18.1 Å². The van der Waals surface area contributed by atoms with Gasteiger partial charge in [-0.3, -0.25) is 0 Å². The van der Waals surface area contributed by atoms with Crippen LogP contribution < -0.4 is 0 Å². The van der Waals surface area contributed by atoms with Crippen LogP contribution in [0.3, 0.4) is 0 Å². The van der Waals surface area contributed by atoms with Crippen molar-refractivity contribution in [3.63, 3.8) is 0 Å². The van der Waals surface area contributed by atoms with E-state index in [-0.39, 0.29) is 17.3 Å². The fourth-order valence-corrected chi connectivity index (χ4v) is 4.79. The molecule has 21 heavy (non-hydrogen) atoms. The molecule has 2 unspecified atom stereocenters. The first-order chi connectivity index (χ1) is 10.2. The first kappa shape index (κ1) is 15.3. The Hall–Kier alpha value is -0.580. The molecule has 2 aliphatic rings. The molecule has 1 N–H and O–H groups in total. The highest BCUT2D eigenvalue weighted by Gasteiger charge is 2.40. The van der Waals surface area contributed by atoms with Crippen LogP contribution in [0.5, 0.6) is 0 Å². The number of hydrogen-bond donors (Lipinski definition) is 1. The maximum absolute atomic E-state index is 13.2. The van der Waals surface area contributed by atoms with E-state index in [4.69, 9.17) is 4.74 Å². The quantitative estimate of drug-likeness (QED) is 0.927. The summed E-state index contributed by atoms with van der Waals surface area (Å²) in [5.74, 6) is 2.36. The fourth-order valence-electron chi connectivity index (χ4n) is 3.56. The molecule has 4 heteroatoms. The SMILES string of the molecule is OC(Cc1cccc(F)c1)C1CCOC2(CCSCC2)C1. The fraction of sp³-hybridized carbons (Fsp3) is 0.647. The largest absolute Gasteiger partial charge is 0.392 e. The van der Waals surface area contributed by atoms with Crippen molar-refractivity contribution in [2.45, 2.75) is 43.8 Å².